The highest BCUT2D eigenvalue weighted by Gasteiger charge is 2.59. The highest BCUT2D eigenvalue weighted by Crippen LogP contribution is 2.38. The van der Waals surface area contributed by atoms with Crippen LogP contribution in [-0.4, -0.2) is 50.9 Å². The average Bonchev–Trinajstić information content (AvgIpc) is 2.93. The van der Waals surface area contributed by atoms with E-state index in [1.807, 2.05) is 91.0 Å². The number of amides is 2. The van der Waals surface area contributed by atoms with Crippen molar-refractivity contribution in [3.05, 3.63) is 119 Å². The second-order valence-electron chi connectivity index (χ2n) is 9.03. The van der Waals surface area contributed by atoms with Crippen LogP contribution in [0.5, 0.6) is 0 Å². The number of halogens is 1. The lowest BCUT2D eigenvalue weighted by molar-refractivity contribution is -0.147. The zero-order valence-electron chi connectivity index (χ0n) is 20.1. The molecule has 1 fully saturated rings. The maximum Gasteiger partial charge on any atom is 0.260 e. The summed E-state index contributed by atoms with van der Waals surface area (Å²) in [5, 5.41) is 2.16. The van der Waals surface area contributed by atoms with Crippen molar-refractivity contribution in [2.45, 2.75) is 23.9 Å². The third-order valence-electron chi connectivity index (χ3n) is 6.60. The minimum atomic E-state index is -1.39. The first-order valence-corrected chi connectivity index (χ1v) is 14.0. The second kappa shape index (κ2) is 11.5. The molecular formula is C29H27ClN2O4S. The van der Waals surface area contributed by atoms with Crippen LogP contribution in [0.1, 0.15) is 22.8 Å². The van der Waals surface area contributed by atoms with Crippen molar-refractivity contribution < 1.29 is 18.9 Å². The van der Waals surface area contributed by atoms with E-state index in [1.165, 1.54) is 4.90 Å². The van der Waals surface area contributed by atoms with Crippen molar-refractivity contribution in [3.8, 4) is 0 Å². The summed E-state index contributed by atoms with van der Waals surface area (Å²) in [6.45, 7) is 0.126. The van der Waals surface area contributed by atoms with E-state index in [1.54, 1.807) is 0 Å². The number of nitrogens with one attached hydrogen (secondary N) is 1. The monoisotopic (exact) mass is 534 g/mol. The maximum atomic E-state index is 13.2. The van der Waals surface area contributed by atoms with E-state index in [-0.39, 0.29) is 42.6 Å². The van der Waals surface area contributed by atoms with Crippen molar-refractivity contribution >= 4 is 34.6 Å². The number of hydrogen-bond donors (Lipinski definition) is 1. The highest BCUT2D eigenvalue weighted by molar-refractivity contribution is 7.92. The van der Waals surface area contributed by atoms with Crippen LogP contribution in [0.3, 0.4) is 0 Å². The van der Waals surface area contributed by atoms with Gasteiger partial charge in [0.05, 0.1) is 24.6 Å². The fourth-order valence-electron chi connectivity index (χ4n) is 4.76. The van der Waals surface area contributed by atoms with E-state index in [0.29, 0.717) is 5.70 Å². The SMILES string of the molecule is O=C(Cc1ccccc1)N[C@@H]1C(=O)N2C(COC(c3ccccc3)c3ccccc3)=C(CCl)C[S+]([O-])[C@H]12. The van der Waals surface area contributed by atoms with Gasteiger partial charge in [-0.1, -0.05) is 91.0 Å². The summed E-state index contributed by atoms with van der Waals surface area (Å²) in [4.78, 5) is 27.4. The van der Waals surface area contributed by atoms with Gasteiger partial charge in [0.15, 0.2) is 6.04 Å². The van der Waals surface area contributed by atoms with Gasteiger partial charge in [-0.2, -0.15) is 0 Å². The third kappa shape index (κ3) is 5.45. The highest BCUT2D eigenvalue weighted by atomic mass is 35.5. The van der Waals surface area contributed by atoms with Crippen molar-refractivity contribution in [1.29, 1.82) is 0 Å². The Morgan fingerprint density at radius 2 is 1.57 bits per heavy atom. The van der Waals surface area contributed by atoms with Gasteiger partial charge in [0.2, 0.25) is 11.3 Å². The third-order valence-corrected chi connectivity index (χ3v) is 8.58. The lowest BCUT2D eigenvalue weighted by atomic mass is 10.0. The summed E-state index contributed by atoms with van der Waals surface area (Å²) >= 11 is 4.84. The van der Waals surface area contributed by atoms with E-state index in [4.69, 9.17) is 16.3 Å². The summed E-state index contributed by atoms with van der Waals surface area (Å²) in [6, 6.07) is 28.2. The second-order valence-corrected chi connectivity index (χ2v) is 10.8. The molecule has 0 aliphatic carbocycles. The first-order chi connectivity index (χ1) is 18.1. The molecule has 1 N–H and O–H groups in total. The molecule has 5 rings (SSSR count). The Labute approximate surface area is 224 Å². The van der Waals surface area contributed by atoms with Crippen LogP contribution in [0.25, 0.3) is 0 Å². The van der Waals surface area contributed by atoms with Gasteiger partial charge in [0.1, 0.15) is 11.9 Å². The number of alkyl halides is 1. The van der Waals surface area contributed by atoms with Gasteiger partial charge in [0.25, 0.3) is 5.91 Å². The first kappa shape index (κ1) is 25.5. The average molecular weight is 535 g/mol. The topological polar surface area (TPSA) is 81.7 Å². The molecule has 2 aliphatic heterocycles. The normalized spacial score (nSPS) is 21.0. The van der Waals surface area contributed by atoms with Crippen LogP contribution >= 0.6 is 11.6 Å². The number of β-lactam (4-membered cyclic amide) rings is 1. The van der Waals surface area contributed by atoms with Gasteiger partial charge < -0.3 is 14.6 Å². The fourth-order valence-corrected chi connectivity index (χ4v) is 6.86. The number of carbonyl (C=O) groups excluding carboxylic acids is 2. The smallest absolute Gasteiger partial charge is 0.260 e. The quantitative estimate of drug-likeness (QED) is 0.256. The van der Waals surface area contributed by atoms with E-state index >= 15 is 0 Å². The molecule has 190 valence electrons. The molecule has 0 aromatic heterocycles. The van der Waals surface area contributed by atoms with Crippen LogP contribution in [-0.2, 0) is 31.9 Å². The van der Waals surface area contributed by atoms with E-state index in [2.05, 4.69) is 5.32 Å². The molecule has 37 heavy (non-hydrogen) atoms. The summed E-state index contributed by atoms with van der Waals surface area (Å²) in [5.41, 5.74) is 4.17. The number of hydrogen-bond acceptors (Lipinski definition) is 4. The maximum absolute atomic E-state index is 13.2. The lowest BCUT2D eigenvalue weighted by Crippen LogP contribution is -2.74. The van der Waals surface area contributed by atoms with Crippen LogP contribution in [0.2, 0.25) is 0 Å². The number of nitrogens with zero attached hydrogens (tertiary/aromatic N) is 1. The van der Waals surface area contributed by atoms with Crippen molar-refractivity contribution in [3.63, 3.8) is 0 Å². The molecule has 6 nitrogen and oxygen atoms in total. The Balaban J connectivity index is 1.33. The predicted octanol–water partition coefficient (Wildman–Crippen LogP) is 3.94. The number of ether oxygens (including phenoxy) is 1. The lowest BCUT2D eigenvalue weighted by Gasteiger charge is -2.50. The Bertz CT molecular complexity index is 1230. The molecule has 0 saturated carbocycles. The van der Waals surface area contributed by atoms with Crippen molar-refractivity contribution in [2.24, 2.45) is 0 Å². The fraction of sp³-hybridized carbons (Fsp3) is 0.241. The van der Waals surface area contributed by atoms with Crippen LogP contribution in [0, 0.1) is 0 Å². The Hall–Kier alpha value is -3.10. The molecule has 0 spiro atoms. The minimum absolute atomic E-state index is 0.126. The molecule has 1 saturated heterocycles. The van der Waals surface area contributed by atoms with Gasteiger partial charge >= 0.3 is 0 Å². The van der Waals surface area contributed by atoms with Gasteiger partial charge in [-0.05, 0) is 27.9 Å². The number of fused-ring (bicyclic) bond motifs is 1. The van der Waals surface area contributed by atoms with Gasteiger partial charge in [0, 0.05) is 5.57 Å². The van der Waals surface area contributed by atoms with Gasteiger partial charge in [-0.15, -0.1) is 11.6 Å². The standard InChI is InChI=1S/C29H27ClN2O4S/c30-17-23-19-37(35)29-26(31-25(33)16-20-10-4-1-5-11-20)28(34)32(29)24(23)18-36-27(21-12-6-2-7-13-21)22-14-8-3-9-15-22/h1-15,26-27,29H,16-19H2,(H,31,33)/t26-,29-,37?/m1/s1. The largest absolute Gasteiger partial charge is 0.614 e. The summed E-state index contributed by atoms with van der Waals surface area (Å²) in [7, 11) is 0. The Kier molecular flexibility index (Phi) is 7.96. The van der Waals surface area contributed by atoms with Crippen molar-refractivity contribution in [1.82, 2.24) is 10.2 Å². The van der Waals surface area contributed by atoms with E-state index < -0.39 is 22.6 Å². The summed E-state index contributed by atoms with van der Waals surface area (Å²) in [5.74, 6) is -0.188. The van der Waals surface area contributed by atoms with Gasteiger partial charge in [-0.3, -0.25) is 14.5 Å². The Morgan fingerprint density at radius 1 is 1.00 bits per heavy atom. The van der Waals surface area contributed by atoms with Crippen LogP contribution < -0.4 is 5.32 Å². The molecule has 3 atom stereocenters. The number of carbonyl (C=O) groups is 2. The van der Waals surface area contributed by atoms with E-state index in [0.717, 1.165) is 22.3 Å². The van der Waals surface area contributed by atoms with E-state index in [9.17, 15) is 14.1 Å². The van der Waals surface area contributed by atoms with Crippen LogP contribution in [0.15, 0.2) is 102 Å². The predicted molar refractivity (Wildman–Crippen MR) is 144 cm³/mol. The molecular weight excluding hydrogens is 508 g/mol. The van der Waals surface area contributed by atoms with Gasteiger partial charge in [-0.25, -0.2) is 0 Å². The summed E-state index contributed by atoms with van der Waals surface area (Å²) < 4.78 is 19.5. The zero-order valence-corrected chi connectivity index (χ0v) is 21.7. The number of benzene rings is 3. The molecule has 2 amide bonds. The zero-order chi connectivity index (χ0) is 25.8. The molecule has 8 heteroatoms. The molecule has 3 aromatic carbocycles. The molecule has 0 bridgehead atoms. The van der Waals surface area contributed by atoms with Crippen molar-refractivity contribution in [2.75, 3.05) is 18.2 Å². The minimum Gasteiger partial charge on any atom is -0.614 e. The summed E-state index contributed by atoms with van der Waals surface area (Å²) in [6.07, 6.45) is -0.200. The molecule has 0 radical (unpaired) electrons. The van der Waals surface area contributed by atoms with Crippen LogP contribution in [0.4, 0.5) is 0 Å². The molecule has 3 aromatic rings. The Morgan fingerprint density at radius 3 is 2.14 bits per heavy atom. The first-order valence-electron chi connectivity index (χ1n) is 12.1. The molecule has 1 unspecified atom stereocenters. The molecule has 2 aliphatic rings. The molecule has 2 heterocycles. The number of rotatable bonds is 9.